The smallest absolute Gasteiger partial charge is 0.296 e. The molecule has 0 atom stereocenters. The summed E-state index contributed by atoms with van der Waals surface area (Å²) in [5.41, 5.74) is 0. The lowest BCUT2D eigenvalue weighted by Gasteiger charge is -2.09. The molecule has 0 fully saturated rings. The van der Waals surface area contributed by atoms with Crippen molar-refractivity contribution in [3.05, 3.63) is 0 Å². The Kier molecular flexibility index (Phi) is 3.46. The van der Waals surface area contributed by atoms with Crippen LogP contribution in [0.15, 0.2) is 0 Å². The van der Waals surface area contributed by atoms with E-state index in [9.17, 15) is 9.36 Å². The summed E-state index contributed by atoms with van der Waals surface area (Å²) in [4.78, 5) is 9.69. The summed E-state index contributed by atoms with van der Waals surface area (Å²) in [7, 11) is -0.937. The number of nitrogens with one attached hydrogen (secondary N) is 1. The summed E-state index contributed by atoms with van der Waals surface area (Å²) in [6, 6.07) is 0. The molecule has 54 valence electrons. The zero-order valence-electron chi connectivity index (χ0n) is 5.16. The van der Waals surface area contributed by atoms with E-state index in [0.29, 0.717) is 0 Å². The second kappa shape index (κ2) is 3.61. The van der Waals surface area contributed by atoms with E-state index in [0.717, 1.165) is 0 Å². The second-order valence-corrected chi connectivity index (χ2v) is 3.09. The van der Waals surface area contributed by atoms with E-state index in [2.05, 4.69) is 9.05 Å². The molecular weight excluding hydrogens is 145 g/mol. The Morgan fingerprint density at radius 3 is 2.00 bits per heavy atom. The number of carbonyl (C=O) groups is 1. The van der Waals surface area contributed by atoms with Gasteiger partial charge in [0, 0.05) is 14.2 Å². The quantitative estimate of drug-likeness (QED) is 0.460. The van der Waals surface area contributed by atoms with Gasteiger partial charge in [0.05, 0.1) is 0 Å². The Bertz CT molecular complexity index is 128. The lowest BCUT2D eigenvalue weighted by molar-refractivity contribution is -0.108. The number of carbonyl (C=O) groups excluding carboxylic acids is 1. The first-order valence-corrected chi connectivity index (χ1v) is 3.65. The maximum Gasteiger partial charge on any atom is 0.434 e. The van der Waals surface area contributed by atoms with Crippen LogP contribution in [0.2, 0.25) is 0 Å². The van der Waals surface area contributed by atoms with Gasteiger partial charge in [-0.15, -0.1) is 0 Å². The fraction of sp³-hybridized carbons (Fsp3) is 0.667. The molecule has 0 saturated heterocycles. The first-order valence-electron chi connectivity index (χ1n) is 2.11. The minimum Gasteiger partial charge on any atom is -0.296 e. The van der Waals surface area contributed by atoms with Crippen molar-refractivity contribution in [2.75, 3.05) is 14.2 Å². The molecule has 0 unspecified atom stereocenters. The van der Waals surface area contributed by atoms with E-state index in [1.54, 1.807) is 0 Å². The van der Waals surface area contributed by atoms with Crippen LogP contribution < -0.4 is 5.09 Å². The van der Waals surface area contributed by atoms with Gasteiger partial charge < -0.3 is 0 Å². The van der Waals surface area contributed by atoms with Gasteiger partial charge >= 0.3 is 7.75 Å². The Labute approximate surface area is 52.9 Å². The van der Waals surface area contributed by atoms with Crippen LogP contribution in [-0.4, -0.2) is 20.6 Å². The Morgan fingerprint density at radius 1 is 1.44 bits per heavy atom. The topological polar surface area (TPSA) is 64.6 Å². The largest absolute Gasteiger partial charge is 0.434 e. The van der Waals surface area contributed by atoms with E-state index in [-0.39, 0.29) is 6.41 Å². The molecule has 6 heteroatoms. The molecule has 0 aromatic carbocycles. The summed E-state index contributed by atoms with van der Waals surface area (Å²) in [6.45, 7) is 0. The maximum atomic E-state index is 10.8. The fourth-order valence-corrected chi connectivity index (χ4v) is 0.733. The zero-order valence-corrected chi connectivity index (χ0v) is 6.05. The van der Waals surface area contributed by atoms with Crippen molar-refractivity contribution in [1.82, 2.24) is 5.09 Å². The molecule has 0 radical (unpaired) electrons. The first-order chi connectivity index (χ1) is 4.18. The Hall–Kier alpha value is -0.380. The van der Waals surface area contributed by atoms with Crippen LogP contribution in [0.3, 0.4) is 0 Å². The van der Waals surface area contributed by atoms with Crippen molar-refractivity contribution < 1.29 is 18.4 Å². The van der Waals surface area contributed by atoms with Gasteiger partial charge in [0.25, 0.3) is 0 Å². The van der Waals surface area contributed by atoms with Crippen molar-refractivity contribution >= 4 is 14.2 Å². The SMILES string of the molecule is COP(=O)(NC=O)OC. The fourth-order valence-electron chi connectivity index (χ4n) is 0.244. The van der Waals surface area contributed by atoms with Crippen LogP contribution in [0.4, 0.5) is 0 Å². The minimum absolute atomic E-state index is 0.258. The van der Waals surface area contributed by atoms with E-state index in [4.69, 9.17) is 0 Å². The highest BCUT2D eigenvalue weighted by atomic mass is 31.2. The van der Waals surface area contributed by atoms with Gasteiger partial charge in [0.2, 0.25) is 6.41 Å². The van der Waals surface area contributed by atoms with E-state index < -0.39 is 7.75 Å². The van der Waals surface area contributed by atoms with Crippen LogP contribution in [-0.2, 0) is 18.4 Å². The third-order valence-electron chi connectivity index (χ3n) is 0.692. The van der Waals surface area contributed by atoms with Crippen molar-refractivity contribution in [3.8, 4) is 0 Å². The monoisotopic (exact) mass is 153 g/mol. The highest BCUT2D eigenvalue weighted by Crippen LogP contribution is 2.40. The minimum atomic E-state index is -3.30. The Morgan fingerprint density at radius 2 is 1.89 bits per heavy atom. The normalized spacial score (nSPS) is 10.9. The van der Waals surface area contributed by atoms with Gasteiger partial charge in [0.15, 0.2) is 0 Å². The summed E-state index contributed by atoms with van der Waals surface area (Å²) >= 11 is 0. The Balaban J connectivity index is 3.93. The highest BCUT2D eigenvalue weighted by Gasteiger charge is 2.18. The zero-order chi connectivity index (χ0) is 7.33. The standard InChI is InChI=1S/C3H8NO4P/c1-7-9(6,8-2)4-3-5/h3H,1-2H3,(H,4,5,6). The summed E-state index contributed by atoms with van der Waals surface area (Å²) in [5.74, 6) is 0. The highest BCUT2D eigenvalue weighted by molar-refractivity contribution is 7.52. The number of rotatable bonds is 4. The average molecular weight is 153 g/mol. The molecule has 1 amide bonds. The molecule has 0 aromatic rings. The molecule has 0 saturated carbocycles. The number of hydrogen-bond acceptors (Lipinski definition) is 4. The molecule has 0 aliphatic heterocycles. The first kappa shape index (κ1) is 8.62. The third-order valence-corrected chi connectivity index (χ3v) is 2.07. The molecule has 0 aliphatic rings. The number of hydrogen-bond donors (Lipinski definition) is 1. The molecule has 0 bridgehead atoms. The lowest BCUT2D eigenvalue weighted by atomic mass is 11.5. The summed E-state index contributed by atoms with van der Waals surface area (Å²) in [6.07, 6.45) is 0.258. The van der Waals surface area contributed by atoms with Crippen LogP contribution in [0.1, 0.15) is 0 Å². The molecule has 0 aliphatic carbocycles. The predicted octanol–water partition coefficient (Wildman–Crippen LogP) is 0.133. The molecule has 1 N–H and O–H groups in total. The van der Waals surface area contributed by atoms with E-state index >= 15 is 0 Å². The van der Waals surface area contributed by atoms with Gasteiger partial charge in [-0.2, -0.15) is 0 Å². The second-order valence-electron chi connectivity index (χ2n) is 1.11. The maximum absolute atomic E-state index is 10.8. The van der Waals surface area contributed by atoms with Crippen molar-refractivity contribution in [2.24, 2.45) is 0 Å². The lowest BCUT2D eigenvalue weighted by Crippen LogP contribution is -2.09. The van der Waals surface area contributed by atoms with Gasteiger partial charge in [-0.25, -0.2) is 4.57 Å². The van der Waals surface area contributed by atoms with Gasteiger partial charge in [0.1, 0.15) is 0 Å². The van der Waals surface area contributed by atoms with Crippen LogP contribution in [0.25, 0.3) is 0 Å². The van der Waals surface area contributed by atoms with Crippen LogP contribution >= 0.6 is 7.75 Å². The molecular formula is C3H8NO4P. The predicted molar refractivity (Wildman–Crippen MR) is 30.8 cm³/mol. The summed E-state index contributed by atoms with van der Waals surface area (Å²) in [5, 5.41) is 1.89. The molecule has 9 heavy (non-hydrogen) atoms. The van der Waals surface area contributed by atoms with Crippen molar-refractivity contribution in [2.45, 2.75) is 0 Å². The third kappa shape index (κ3) is 2.60. The van der Waals surface area contributed by atoms with E-state index in [1.807, 2.05) is 5.09 Å². The molecule has 0 spiro atoms. The molecule has 0 aromatic heterocycles. The van der Waals surface area contributed by atoms with Gasteiger partial charge in [-0.3, -0.25) is 18.9 Å². The molecule has 0 heterocycles. The van der Waals surface area contributed by atoms with E-state index in [1.165, 1.54) is 14.2 Å². The van der Waals surface area contributed by atoms with Crippen LogP contribution in [0, 0.1) is 0 Å². The van der Waals surface area contributed by atoms with Gasteiger partial charge in [-0.05, 0) is 0 Å². The van der Waals surface area contributed by atoms with Gasteiger partial charge in [-0.1, -0.05) is 0 Å². The van der Waals surface area contributed by atoms with Crippen LogP contribution in [0.5, 0.6) is 0 Å². The van der Waals surface area contributed by atoms with Crippen molar-refractivity contribution in [3.63, 3.8) is 0 Å². The van der Waals surface area contributed by atoms with Crippen molar-refractivity contribution in [1.29, 1.82) is 0 Å². The summed E-state index contributed by atoms with van der Waals surface area (Å²) < 4.78 is 19.4. The molecule has 0 rings (SSSR count). The molecule has 5 nitrogen and oxygen atoms in total. The number of amides is 1. The average Bonchev–Trinajstić information content (AvgIpc) is 1.89.